The van der Waals surface area contributed by atoms with Crippen LogP contribution in [-0.2, 0) is 15.2 Å². The van der Waals surface area contributed by atoms with Crippen LogP contribution in [0.3, 0.4) is 0 Å². The average Bonchev–Trinajstić information content (AvgIpc) is 1.82. The molecule has 5 heteroatoms. The third kappa shape index (κ3) is 6.76. The molecule has 0 rings (SSSR count). The molecule has 0 N–H and O–H groups in total. The standard InChI is InChI=1S/C5H11IO3S/c1-2-3-4-5(6)9-10(7)8/h5,10H,2-4H2,1H3. The van der Waals surface area contributed by atoms with Crippen LogP contribution < -0.4 is 0 Å². The van der Waals surface area contributed by atoms with Crippen LogP contribution >= 0.6 is 22.6 Å². The Morgan fingerprint density at radius 3 is 2.60 bits per heavy atom. The molecule has 0 saturated carbocycles. The number of thiol groups is 1. The topological polar surface area (TPSA) is 43.4 Å². The lowest BCUT2D eigenvalue weighted by molar-refractivity contribution is 0.304. The molecule has 0 spiro atoms. The van der Waals surface area contributed by atoms with Gasteiger partial charge >= 0.3 is 0 Å². The molecule has 0 bridgehead atoms. The second-order valence-corrected chi connectivity index (χ2v) is 3.93. The number of halogens is 1. The zero-order valence-electron chi connectivity index (χ0n) is 5.75. The molecular weight excluding hydrogens is 267 g/mol. The van der Waals surface area contributed by atoms with Gasteiger partial charge in [-0.3, -0.25) is 4.18 Å². The van der Waals surface area contributed by atoms with Gasteiger partial charge in [-0.15, -0.1) is 0 Å². The summed E-state index contributed by atoms with van der Waals surface area (Å²) in [6.45, 7) is 2.06. The van der Waals surface area contributed by atoms with E-state index in [1.165, 1.54) is 0 Å². The molecule has 0 aliphatic rings. The van der Waals surface area contributed by atoms with Gasteiger partial charge in [0.25, 0.3) is 11.0 Å². The van der Waals surface area contributed by atoms with Gasteiger partial charge in [0.05, 0.1) is 0 Å². The third-order valence-corrected chi connectivity index (χ3v) is 2.69. The molecule has 0 aliphatic heterocycles. The van der Waals surface area contributed by atoms with Crippen LogP contribution in [0.25, 0.3) is 0 Å². The Morgan fingerprint density at radius 2 is 2.20 bits per heavy atom. The van der Waals surface area contributed by atoms with Crippen LogP contribution in [0.4, 0.5) is 0 Å². The van der Waals surface area contributed by atoms with Crippen molar-refractivity contribution in [2.24, 2.45) is 0 Å². The lowest BCUT2D eigenvalue weighted by Gasteiger charge is -2.03. The molecule has 1 atom stereocenters. The van der Waals surface area contributed by atoms with Crippen molar-refractivity contribution in [1.29, 1.82) is 0 Å². The quantitative estimate of drug-likeness (QED) is 0.470. The van der Waals surface area contributed by atoms with Crippen LogP contribution in [0.5, 0.6) is 0 Å². The summed E-state index contributed by atoms with van der Waals surface area (Å²) in [7, 11) is -2.66. The van der Waals surface area contributed by atoms with Crippen molar-refractivity contribution < 1.29 is 12.6 Å². The first kappa shape index (κ1) is 10.6. The van der Waals surface area contributed by atoms with Crippen LogP contribution in [-0.4, -0.2) is 12.5 Å². The van der Waals surface area contributed by atoms with Gasteiger partial charge in [0.2, 0.25) is 0 Å². The minimum atomic E-state index is -2.66. The molecule has 10 heavy (non-hydrogen) atoms. The largest absolute Gasteiger partial charge is 0.258 e. The van der Waals surface area contributed by atoms with Crippen molar-refractivity contribution in [3.05, 3.63) is 0 Å². The van der Waals surface area contributed by atoms with E-state index in [2.05, 4.69) is 11.1 Å². The van der Waals surface area contributed by atoms with Gasteiger partial charge in [0, 0.05) is 0 Å². The Labute approximate surface area is 76.4 Å². The third-order valence-electron chi connectivity index (χ3n) is 0.985. The lowest BCUT2D eigenvalue weighted by atomic mass is 10.3. The number of hydrogen-bond donors (Lipinski definition) is 1. The van der Waals surface area contributed by atoms with Crippen molar-refractivity contribution in [3.63, 3.8) is 0 Å². The highest BCUT2D eigenvalue weighted by atomic mass is 127. The fourth-order valence-electron chi connectivity index (χ4n) is 0.511. The minimum absolute atomic E-state index is 0.182. The van der Waals surface area contributed by atoms with Gasteiger partial charge in [-0.05, 0) is 29.0 Å². The molecule has 0 aromatic carbocycles. The molecule has 0 radical (unpaired) electrons. The molecule has 3 nitrogen and oxygen atoms in total. The van der Waals surface area contributed by atoms with Crippen molar-refractivity contribution in [2.75, 3.05) is 0 Å². The maximum atomic E-state index is 9.98. The maximum Gasteiger partial charge on any atom is 0.258 e. The number of alkyl halides is 1. The summed E-state index contributed by atoms with van der Waals surface area (Å²) in [6, 6.07) is 0. The molecule has 0 fully saturated rings. The highest BCUT2D eigenvalue weighted by Crippen LogP contribution is 2.11. The summed E-state index contributed by atoms with van der Waals surface area (Å²) >= 11 is 1.97. The molecule has 0 aromatic rings. The highest BCUT2D eigenvalue weighted by molar-refractivity contribution is 14.1. The molecule has 0 aliphatic carbocycles. The molecule has 1 unspecified atom stereocenters. The van der Waals surface area contributed by atoms with E-state index in [0.29, 0.717) is 0 Å². The molecule has 0 amide bonds. The van der Waals surface area contributed by atoms with Gasteiger partial charge in [0.15, 0.2) is 0 Å². The normalized spacial score (nSPS) is 13.9. The predicted molar refractivity (Wildman–Crippen MR) is 48.7 cm³/mol. The van der Waals surface area contributed by atoms with Crippen LogP contribution in [0.1, 0.15) is 26.2 Å². The zero-order valence-corrected chi connectivity index (χ0v) is 8.80. The molecule has 0 heterocycles. The second-order valence-electron chi connectivity index (χ2n) is 1.88. The fourth-order valence-corrected chi connectivity index (χ4v) is 1.80. The van der Waals surface area contributed by atoms with Gasteiger partial charge < -0.3 is 0 Å². The molecule has 0 aromatic heterocycles. The summed E-state index contributed by atoms with van der Waals surface area (Å²) in [5.41, 5.74) is 0. The first-order valence-corrected chi connectivity index (χ1v) is 5.46. The minimum Gasteiger partial charge on any atom is -0.258 e. The van der Waals surface area contributed by atoms with Crippen molar-refractivity contribution >= 4 is 33.6 Å². The second kappa shape index (κ2) is 6.36. The van der Waals surface area contributed by atoms with Gasteiger partial charge in [0.1, 0.15) is 4.11 Å². The van der Waals surface area contributed by atoms with Crippen molar-refractivity contribution in [1.82, 2.24) is 0 Å². The molecule has 0 saturated heterocycles. The van der Waals surface area contributed by atoms with Crippen LogP contribution in [0.15, 0.2) is 0 Å². The number of hydrogen-bond acceptors (Lipinski definition) is 3. The molecular formula is C5H11IO3S. The van der Waals surface area contributed by atoms with Crippen molar-refractivity contribution in [2.45, 2.75) is 30.3 Å². The molecule has 62 valence electrons. The van der Waals surface area contributed by atoms with Crippen LogP contribution in [0.2, 0.25) is 0 Å². The monoisotopic (exact) mass is 278 g/mol. The first-order valence-electron chi connectivity index (χ1n) is 3.12. The number of rotatable bonds is 5. The Balaban J connectivity index is 3.33. The smallest absolute Gasteiger partial charge is 0.258 e. The van der Waals surface area contributed by atoms with Crippen LogP contribution in [0, 0.1) is 0 Å². The Morgan fingerprint density at radius 1 is 1.60 bits per heavy atom. The first-order chi connectivity index (χ1) is 4.66. The summed E-state index contributed by atoms with van der Waals surface area (Å²) in [5, 5.41) is 0. The van der Waals surface area contributed by atoms with E-state index in [-0.39, 0.29) is 4.11 Å². The maximum absolute atomic E-state index is 9.98. The van der Waals surface area contributed by atoms with Crippen molar-refractivity contribution in [3.8, 4) is 0 Å². The summed E-state index contributed by atoms with van der Waals surface area (Å²) in [4.78, 5) is 0. The van der Waals surface area contributed by atoms with Gasteiger partial charge in [-0.1, -0.05) is 19.8 Å². The highest BCUT2D eigenvalue weighted by Gasteiger charge is 2.02. The predicted octanol–water partition coefficient (Wildman–Crippen LogP) is 1.48. The number of unbranched alkanes of at least 4 members (excludes halogenated alkanes) is 1. The van der Waals surface area contributed by atoms with E-state index in [4.69, 9.17) is 0 Å². The van der Waals surface area contributed by atoms with E-state index in [1.807, 2.05) is 22.6 Å². The van der Waals surface area contributed by atoms with E-state index in [0.717, 1.165) is 19.3 Å². The average molecular weight is 278 g/mol. The van der Waals surface area contributed by atoms with E-state index >= 15 is 0 Å². The summed E-state index contributed by atoms with van der Waals surface area (Å²) < 4.78 is 24.3. The van der Waals surface area contributed by atoms with E-state index in [1.54, 1.807) is 0 Å². The summed E-state index contributed by atoms with van der Waals surface area (Å²) in [5.74, 6) is 0. The Kier molecular flexibility index (Phi) is 6.76. The SMILES string of the molecule is CCCCC(I)O[SH](=O)=O. The Bertz CT molecular complexity index is 138. The Hall–Kier alpha value is 0.640. The fraction of sp³-hybridized carbons (Fsp3) is 1.00. The van der Waals surface area contributed by atoms with E-state index in [9.17, 15) is 8.42 Å². The summed E-state index contributed by atoms with van der Waals surface area (Å²) in [6.07, 6.45) is 2.88. The lowest BCUT2D eigenvalue weighted by Crippen LogP contribution is -2.01. The van der Waals surface area contributed by atoms with Gasteiger partial charge in [-0.2, -0.15) is 0 Å². The van der Waals surface area contributed by atoms with E-state index < -0.39 is 11.0 Å². The van der Waals surface area contributed by atoms with Gasteiger partial charge in [-0.25, -0.2) is 8.42 Å². The zero-order chi connectivity index (χ0) is 7.98.